The van der Waals surface area contributed by atoms with Gasteiger partial charge in [-0.25, -0.2) is 0 Å². The summed E-state index contributed by atoms with van der Waals surface area (Å²) in [5.74, 6) is 0. The van der Waals surface area contributed by atoms with Crippen LogP contribution in [-0.2, 0) is 8.58 Å². The summed E-state index contributed by atoms with van der Waals surface area (Å²) in [4.78, 5) is 0. The van der Waals surface area contributed by atoms with Crippen molar-refractivity contribution in [3.63, 3.8) is 0 Å². The number of hydrogen-bond acceptors (Lipinski definition) is 2. The van der Waals surface area contributed by atoms with Crippen molar-refractivity contribution in [1.29, 1.82) is 0 Å². The molecule has 0 aromatic rings. The van der Waals surface area contributed by atoms with Gasteiger partial charge in [0.1, 0.15) is 0 Å². The second kappa shape index (κ2) is 4.66. The van der Waals surface area contributed by atoms with E-state index in [0.717, 1.165) is 12.8 Å². The van der Waals surface area contributed by atoms with Crippen LogP contribution in [0, 0.1) is 0 Å². The molecule has 0 atom stereocenters. The quantitative estimate of drug-likeness (QED) is 0.696. The number of halogens is 2. The second-order valence-electron chi connectivity index (χ2n) is 4.17. The van der Waals surface area contributed by atoms with Gasteiger partial charge in [-0.05, 0) is 40.5 Å². The molecule has 0 aliphatic rings. The Bertz CT molecular complexity index is 119. The molecule has 0 rings (SSSR count). The van der Waals surface area contributed by atoms with Gasteiger partial charge in [0.15, 0.2) is 0 Å². The minimum absolute atomic E-state index is 0.325. The lowest BCUT2D eigenvalue weighted by atomic mass is 9.94. The highest BCUT2D eigenvalue weighted by Gasteiger charge is 2.25. The fourth-order valence-electron chi connectivity index (χ4n) is 0.679. The van der Waals surface area contributed by atoms with E-state index in [9.17, 15) is 0 Å². The summed E-state index contributed by atoms with van der Waals surface area (Å²) in [6, 6.07) is 0. The third-order valence-corrected chi connectivity index (χ3v) is 2.58. The van der Waals surface area contributed by atoms with E-state index in [1.165, 1.54) is 0 Å². The molecule has 0 bridgehead atoms. The maximum atomic E-state index is 5.29. The minimum Gasteiger partial charge on any atom is -0.273 e. The first-order chi connectivity index (χ1) is 5.33. The Hall–Kier alpha value is 0.500. The lowest BCUT2D eigenvalue weighted by Crippen LogP contribution is -2.27. The van der Waals surface area contributed by atoms with Gasteiger partial charge in [0.2, 0.25) is 0 Å². The lowest BCUT2D eigenvalue weighted by molar-refractivity contribution is 0.0567. The first-order valence-electron chi connectivity index (χ1n) is 3.92. The zero-order valence-electron chi connectivity index (χ0n) is 7.99. The molecule has 0 fully saturated rings. The van der Waals surface area contributed by atoms with Crippen LogP contribution in [0.25, 0.3) is 0 Å². The summed E-state index contributed by atoms with van der Waals surface area (Å²) in [5.41, 5.74) is -0.650. The van der Waals surface area contributed by atoms with Crippen LogP contribution in [-0.4, -0.2) is 11.2 Å². The van der Waals surface area contributed by atoms with E-state index in [2.05, 4.69) is 0 Å². The van der Waals surface area contributed by atoms with E-state index >= 15 is 0 Å². The molecule has 0 saturated carbocycles. The molecule has 0 aliphatic heterocycles. The third kappa shape index (κ3) is 5.20. The van der Waals surface area contributed by atoms with Gasteiger partial charge >= 0.3 is 0 Å². The van der Waals surface area contributed by atoms with Gasteiger partial charge in [0, 0.05) is 0 Å². The van der Waals surface area contributed by atoms with Gasteiger partial charge in [0.25, 0.3) is 0 Å². The van der Waals surface area contributed by atoms with Crippen molar-refractivity contribution < 1.29 is 8.58 Å². The Morgan fingerprint density at radius 1 is 0.833 bits per heavy atom. The van der Waals surface area contributed by atoms with Crippen LogP contribution in [0.1, 0.15) is 40.5 Å². The van der Waals surface area contributed by atoms with E-state index in [4.69, 9.17) is 32.3 Å². The molecule has 0 heterocycles. The minimum atomic E-state index is -0.325. The van der Waals surface area contributed by atoms with Crippen LogP contribution in [0.4, 0.5) is 0 Å². The molecule has 0 amide bonds. The van der Waals surface area contributed by atoms with Crippen molar-refractivity contribution >= 4 is 23.7 Å². The SMILES string of the molecule is CC(C)(CCC(C)(C)OCl)OCl. The Morgan fingerprint density at radius 2 is 1.08 bits per heavy atom. The van der Waals surface area contributed by atoms with Crippen LogP contribution in [0.5, 0.6) is 0 Å². The summed E-state index contributed by atoms with van der Waals surface area (Å²) in [6.45, 7) is 7.68. The Balaban J connectivity index is 3.82. The molecule has 74 valence electrons. The molecular formula is C8H16Cl2O2. The van der Waals surface area contributed by atoms with E-state index in [1.807, 2.05) is 27.7 Å². The molecule has 0 saturated heterocycles. The van der Waals surface area contributed by atoms with Gasteiger partial charge in [-0.2, -0.15) is 0 Å². The smallest absolute Gasteiger partial charge is 0.0842 e. The van der Waals surface area contributed by atoms with Crippen molar-refractivity contribution in [3.8, 4) is 0 Å². The summed E-state index contributed by atoms with van der Waals surface area (Å²) in [6.07, 6.45) is 1.60. The molecule has 0 aliphatic carbocycles. The normalized spacial score (nSPS) is 13.5. The molecule has 0 N–H and O–H groups in total. The van der Waals surface area contributed by atoms with E-state index in [1.54, 1.807) is 0 Å². The third-order valence-electron chi connectivity index (χ3n) is 1.75. The second-order valence-corrected chi connectivity index (χ2v) is 4.48. The van der Waals surface area contributed by atoms with Crippen LogP contribution < -0.4 is 0 Å². The van der Waals surface area contributed by atoms with Crippen molar-refractivity contribution in [2.75, 3.05) is 0 Å². The monoisotopic (exact) mass is 214 g/mol. The van der Waals surface area contributed by atoms with Gasteiger partial charge < -0.3 is 0 Å². The molecule has 4 heteroatoms. The Labute approximate surface area is 84.5 Å². The van der Waals surface area contributed by atoms with Crippen molar-refractivity contribution in [1.82, 2.24) is 0 Å². The largest absolute Gasteiger partial charge is 0.273 e. The van der Waals surface area contributed by atoms with Gasteiger partial charge in [-0.15, -0.1) is 0 Å². The first kappa shape index (κ1) is 12.5. The van der Waals surface area contributed by atoms with Crippen molar-refractivity contribution in [2.24, 2.45) is 0 Å². The average Bonchev–Trinajstić information content (AvgIpc) is 2.02. The molecule has 12 heavy (non-hydrogen) atoms. The molecule has 0 radical (unpaired) electrons. The maximum absolute atomic E-state index is 5.29. The average molecular weight is 215 g/mol. The Kier molecular flexibility index (Phi) is 4.85. The van der Waals surface area contributed by atoms with Gasteiger partial charge in [-0.3, -0.25) is 8.58 Å². The van der Waals surface area contributed by atoms with Gasteiger partial charge in [-0.1, -0.05) is 0 Å². The predicted octanol–water partition coefficient (Wildman–Crippen LogP) is 3.66. The maximum Gasteiger partial charge on any atom is 0.0842 e. The first-order valence-corrected chi connectivity index (χ1v) is 4.54. The summed E-state index contributed by atoms with van der Waals surface area (Å²) in [5, 5.41) is 0. The molecule has 0 spiro atoms. The zero-order valence-corrected chi connectivity index (χ0v) is 9.50. The molecule has 0 unspecified atom stereocenters. The van der Waals surface area contributed by atoms with Crippen LogP contribution in [0.15, 0.2) is 0 Å². The summed E-state index contributed by atoms with van der Waals surface area (Å²) in [7, 11) is 0. The molecule has 0 aromatic heterocycles. The topological polar surface area (TPSA) is 18.5 Å². The fourth-order valence-corrected chi connectivity index (χ4v) is 0.834. The van der Waals surface area contributed by atoms with E-state index in [0.29, 0.717) is 0 Å². The zero-order chi connectivity index (χ0) is 9.83. The predicted molar refractivity (Wildman–Crippen MR) is 51.3 cm³/mol. The standard InChI is InChI=1S/C8H16Cl2O2/c1-7(2,11-9)5-6-8(3,4)12-10/h5-6H2,1-4H3. The summed E-state index contributed by atoms with van der Waals surface area (Å²) >= 11 is 10.6. The number of rotatable bonds is 5. The lowest BCUT2D eigenvalue weighted by Gasteiger charge is -2.26. The number of hydrogen-bond donors (Lipinski definition) is 0. The van der Waals surface area contributed by atoms with Crippen molar-refractivity contribution in [3.05, 3.63) is 0 Å². The van der Waals surface area contributed by atoms with Gasteiger partial charge in [0.05, 0.1) is 34.9 Å². The Morgan fingerprint density at radius 3 is 1.25 bits per heavy atom. The highest BCUT2D eigenvalue weighted by atomic mass is 35.5. The van der Waals surface area contributed by atoms with Crippen LogP contribution >= 0.6 is 23.7 Å². The van der Waals surface area contributed by atoms with E-state index in [-0.39, 0.29) is 11.2 Å². The molecule has 0 aromatic carbocycles. The molecular weight excluding hydrogens is 199 g/mol. The van der Waals surface area contributed by atoms with Crippen LogP contribution in [0.2, 0.25) is 0 Å². The van der Waals surface area contributed by atoms with E-state index < -0.39 is 0 Å². The highest BCUT2D eigenvalue weighted by molar-refractivity contribution is 6.07. The summed E-state index contributed by atoms with van der Waals surface area (Å²) < 4.78 is 9.50. The fraction of sp³-hybridized carbons (Fsp3) is 1.00. The molecule has 2 nitrogen and oxygen atoms in total. The highest BCUT2D eigenvalue weighted by Crippen LogP contribution is 2.26. The van der Waals surface area contributed by atoms with Crippen molar-refractivity contribution in [2.45, 2.75) is 51.7 Å². The van der Waals surface area contributed by atoms with Crippen LogP contribution in [0.3, 0.4) is 0 Å².